The molecule has 0 radical (unpaired) electrons. The van der Waals surface area contributed by atoms with Crippen LogP contribution in [-0.2, 0) is 16.1 Å². The molecule has 0 fully saturated rings. The van der Waals surface area contributed by atoms with E-state index < -0.39 is 11.9 Å². The Hall–Kier alpha value is -4.30. The maximum absolute atomic E-state index is 13.7. The van der Waals surface area contributed by atoms with Crippen molar-refractivity contribution in [2.45, 2.75) is 13.5 Å². The fourth-order valence-electron chi connectivity index (χ4n) is 4.05. The summed E-state index contributed by atoms with van der Waals surface area (Å²) < 4.78 is 13.2. The van der Waals surface area contributed by atoms with Crippen molar-refractivity contribution in [3.05, 3.63) is 89.2 Å². The van der Waals surface area contributed by atoms with Crippen molar-refractivity contribution in [3.63, 3.8) is 0 Å². The molecule has 0 unspecified atom stereocenters. The first-order valence-electron chi connectivity index (χ1n) is 11.4. The van der Waals surface area contributed by atoms with Crippen LogP contribution >= 0.6 is 11.3 Å². The number of carbonyl (C=O) groups excluding carboxylic acids is 2. The molecule has 7 nitrogen and oxygen atoms in total. The van der Waals surface area contributed by atoms with Gasteiger partial charge in [-0.2, -0.15) is 4.99 Å². The number of hydrogen-bond donors (Lipinski definition) is 0. The first-order valence-corrected chi connectivity index (χ1v) is 12.3. The number of amides is 1. The maximum atomic E-state index is 13.7. The number of thiazole rings is 1. The van der Waals surface area contributed by atoms with Crippen LogP contribution in [0.2, 0.25) is 0 Å². The van der Waals surface area contributed by atoms with E-state index in [4.69, 9.17) is 14.5 Å². The summed E-state index contributed by atoms with van der Waals surface area (Å²) in [7, 11) is 1.33. The molecule has 2 heterocycles. The lowest BCUT2D eigenvalue weighted by molar-refractivity contribution is -0.141. The number of benzene rings is 3. The Morgan fingerprint density at radius 1 is 1.00 bits per heavy atom. The standard InChI is InChI=1S/C28H23N3O4S/c1-3-35-23-14-9-15-24-26(23)31(17-25(32)34-2)28(36-24)30-27(33)20-16-22(18-10-5-4-6-11-18)29-21-13-8-7-12-19(20)21/h4-16H,3,17H2,1-2H3. The molecule has 0 aliphatic heterocycles. The zero-order valence-corrected chi connectivity index (χ0v) is 20.6. The summed E-state index contributed by atoms with van der Waals surface area (Å²) in [5.41, 5.74) is 3.43. The Morgan fingerprint density at radius 3 is 2.56 bits per heavy atom. The lowest BCUT2D eigenvalue weighted by atomic mass is 10.0. The number of aromatic nitrogens is 2. The highest BCUT2D eigenvalue weighted by molar-refractivity contribution is 7.16. The van der Waals surface area contributed by atoms with Crippen molar-refractivity contribution in [2.24, 2.45) is 4.99 Å². The Morgan fingerprint density at radius 2 is 1.78 bits per heavy atom. The van der Waals surface area contributed by atoms with Gasteiger partial charge in [0.15, 0.2) is 4.80 Å². The van der Waals surface area contributed by atoms with Crippen LogP contribution in [0.3, 0.4) is 0 Å². The topological polar surface area (TPSA) is 82.8 Å². The molecule has 8 heteroatoms. The van der Waals surface area contributed by atoms with Crippen LogP contribution in [0.25, 0.3) is 32.4 Å². The fourth-order valence-corrected chi connectivity index (χ4v) is 5.10. The normalized spacial score (nSPS) is 11.7. The van der Waals surface area contributed by atoms with Gasteiger partial charge in [0.25, 0.3) is 5.91 Å². The van der Waals surface area contributed by atoms with E-state index in [0.717, 1.165) is 10.3 Å². The third-order valence-electron chi connectivity index (χ3n) is 5.69. The van der Waals surface area contributed by atoms with Gasteiger partial charge >= 0.3 is 5.97 Å². The smallest absolute Gasteiger partial charge is 0.325 e. The van der Waals surface area contributed by atoms with Crippen molar-refractivity contribution in [1.82, 2.24) is 9.55 Å². The van der Waals surface area contributed by atoms with Crippen LogP contribution in [0.1, 0.15) is 17.3 Å². The fraction of sp³-hybridized carbons (Fsp3) is 0.143. The molecular formula is C28H23N3O4S. The summed E-state index contributed by atoms with van der Waals surface area (Å²) >= 11 is 1.32. The monoisotopic (exact) mass is 497 g/mol. The predicted molar refractivity (Wildman–Crippen MR) is 140 cm³/mol. The van der Waals surface area contributed by atoms with Crippen molar-refractivity contribution in [1.29, 1.82) is 0 Å². The van der Waals surface area contributed by atoms with Gasteiger partial charge in [0.1, 0.15) is 17.8 Å². The minimum atomic E-state index is -0.448. The molecule has 2 aromatic heterocycles. The van der Waals surface area contributed by atoms with Gasteiger partial charge in [-0.25, -0.2) is 4.98 Å². The van der Waals surface area contributed by atoms with E-state index >= 15 is 0 Å². The van der Waals surface area contributed by atoms with E-state index in [2.05, 4.69) is 4.99 Å². The summed E-state index contributed by atoms with van der Waals surface area (Å²) in [4.78, 5) is 35.6. The van der Waals surface area contributed by atoms with Crippen LogP contribution in [0.15, 0.2) is 83.9 Å². The number of rotatable bonds is 6. The molecule has 0 aliphatic carbocycles. The van der Waals surface area contributed by atoms with E-state index in [1.165, 1.54) is 18.4 Å². The van der Waals surface area contributed by atoms with E-state index in [9.17, 15) is 9.59 Å². The SMILES string of the molecule is CCOc1cccc2sc(=NC(=O)c3cc(-c4ccccc4)nc4ccccc34)n(CC(=O)OC)c12. The van der Waals surface area contributed by atoms with E-state index in [0.29, 0.717) is 44.8 Å². The quantitative estimate of drug-likeness (QED) is 0.300. The third kappa shape index (κ3) is 4.50. The molecule has 5 rings (SSSR count). The van der Waals surface area contributed by atoms with Crippen molar-refractivity contribution < 1.29 is 19.1 Å². The van der Waals surface area contributed by atoms with Crippen LogP contribution in [0.4, 0.5) is 0 Å². The molecule has 0 bridgehead atoms. The second-order valence-electron chi connectivity index (χ2n) is 7.94. The molecule has 0 spiro atoms. The number of fused-ring (bicyclic) bond motifs is 2. The summed E-state index contributed by atoms with van der Waals surface area (Å²) in [6, 6.07) is 24.6. The van der Waals surface area contributed by atoms with Gasteiger partial charge in [-0.1, -0.05) is 65.9 Å². The molecule has 0 saturated heterocycles. The summed E-state index contributed by atoms with van der Waals surface area (Å²) in [5, 5.41) is 0.710. The third-order valence-corrected chi connectivity index (χ3v) is 6.74. The average molecular weight is 498 g/mol. The van der Waals surface area contributed by atoms with Gasteiger partial charge in [-0.3, -0.25) is 9.59 Å². The number of carbonyl (C=O) groups is 2. The number of ether oxygens (including phenoxy) is 2. The molecule has 0 aliphatic rings. The molecule has 180 valence electrons. The zero-order chi connectivity index (χ0) is 25.1. The van der Waals surface area contributed by atoms with Crippen LogP contribution < -0.4 is 9.54 Å². The zero-order valence-electron chi connectivity index (χ0n) is 19.8. The number of hydrogen-bond acceptors (Lipinski definition) is 6. The number of esters is 1. The molecule has 3 aromatic carbocycles. The summed E-state index contributed by atoms with van der Waals surface area (Å²) in [5.74, 6) is -0.255. The van der Waals surface area contributed by atoms with Crippen LogP contribution in [-0.4, -0.2) is 35.1 Å². The summed E-state index contributed by atoms with van der Waals surface area (Å²) in [6.07, 6.45) is 0. The first kappa shape index (κ1) is 23.4. The second-order valence-corrected chi connectivity index (χ2v) is 8.95. The largest absolute Gasteiger partial charge is 0.492 e. The second kappa shape index (κ2) is 10.1. The maximum Gasteiger partial charge on any atom is 0.325 e. The Labute approximate surface area is 211 Å². The van der Waals surface area contributed by atoms with Gasteiger partial charge in [-0.05, 0) is 31.2 Å². The Kier molecular flexibility index (Phi) is 6.60. The van der Waals surface area contributed by atoms with Gasteiger partial charge in [0.2, 0.25) is 0 Å². The molecule has 1 amide bonds. The highest BCUT2D eigenvalue weighted by Crippen LogP contribution is 2.29. The van der Waals surface area contributed by atoms with Crippen LogP contribution in [0, 0.1) is 0 Å². The number of nitrogens with zero attached hydrogens (tertiary/aromatic N) is 3. The molecule has 0 atom stereocenters. The average Bonchev–Trinajstić information content (AvgIpc) is 3.25. The van der Waals surface area contributed by atoms with Crippen molar-refractivity contribution >= 4 is 44.3 Å². The van der Waals surface area contributed by atoms with E-state index in [1.807, 2.05) is 79.7 Å². The van der Waals surface area contributed by atoms with Gasteiger partial charge in [0.05, 0.1) is 35.2 Å². The minimum absolute atomic E-state index is 0.0982. The van der Waals surface area contributed by atoms with Crippen LogP contribution in [0.5, 0.6) is 5.75 Å². The Bertz CT molecular complexity index is 1650. The highest BCUT2D eigenvalue weighted by atomic mass is 32.1. The van der Waals surface area contributed by atoms with E-state index in [-0.39, 0.29) is 6.54 Å². The predicted octanol–water partition coefficient (Wildman–Crippen LogP) is 5.23. The Balaban J connectivity index is 1.71. The van der Waals surface area contributed by atoms with Crippen molar-refractivity contribution in [2.75, 3.05) is 13.7 Å². The van der Waals surface area contributed by atoms with Crippen molar-refractivity contribution in [3.8, 4) is 17.0 Å². The molecule has 0 saturated carbocycles. The van der Waals surface area contributed by atoms with Gasteiger partial charge in [0, 0.05) is 10.9 Å². The summed E-state index contributed by atoms with van der Waals surface area (Å²) in [6.45, 7) is 2.26. The number of methoxy groups -OCH3 is 1. The first-order chi connectivity index (χ1) is 17.6. The molecule has 5 aromatic rings. The molecule has 36 heavy (non-hydrogen) atoms. The lowest BCUT2D eigenvalue weighted by Gasteiger charge is -2.09. The molecule has 0 N–H and O–H groups in total. The van der Waals surface area contributed by atoms with Gasteiger partial charge in [-0.15, -0.1) is 0 Å². The minimum Gasteiger partial charge on any atom is -0.492 e. The highest BCUT2D eigenvalue weighted by Gasteiger charge is 2.18. The van der Waals surface area contributed by atoms with Gasteiger partial charge < -0.3 is 14.0 Å². The molecular weight excluding hydrogens is 474 g/mol. The number of para-hydroxylation sites is 2. The van der Waals surface area contributed by atoms with E-state index in [1.54, 1.807) is 10.6 Å². The number of pyridine rings is 1. The lowest BCUT2D eigenvalue weighted by Crippen LogP contribution is -2.22.